The van der Waals surface area contributed by atoms with E-state index < -0.39 is 0 Å². The number of rotatable bonds is 9. The van der Waals surface area contributed by atoms with Crippen molar-refractivity contribution in [1.29, 1.82) is 0 Å². The highest BCUT2D eigenvalue weighted by Crippen LogP contribution is 2.39. The zero-order valence-corrected chi connectivity index (χ0v) is 18.6. The van der Waals surface area contributed by atoms with Crippen LogP contribution in [0.4, 0.5) is 0 Å². The van der Waals surface area contributed by atoms with Crippen molar-refractivity contribution in [1.82, 2.24) is 0 Å². The lowest BCUT2D eigenvalue weighted by molar-refractivity contribution is -0.143. The van der Waals surface area contributed by atoms with Crippen molar-refractivity contribution < 1.29 is 14.6 Å². The highest BCUT2D eigenvalue weighted by Gasteiger charge is 2.26. The van der Waals surface area contributed by atoms with Crippen molar-refractivity contribution in [3.63, 3.8) is 0 Å². The fraction of sp³-hybridized carbons (Fsp3) is 0.708. The molecule has 0 bridgehead atoms. The van der Waals surface area contributed by atoms with Crippen LogP contribution < -0.4 is 0 Å². The van der Waals surface area contributed by atoms with Gasteiger partial charge < -0.3 is 9.84 Å². The van der Waals surface area contributed by atoms with Gasteiger partial charge in [0.25, 0.3) is 0 Å². The SMILES string of the molecule is CCCCCCCOC(=O)CCc1cc(C(C)(C)C)c(O)c(C(C)(C)C)c1. The molecule has 0 heterocycles. The smallest absolute Gasteiger partial charge is 0.306 e. The maximum atomic E-state index is 12.1. The molecule has 3 heteroatoms. The third-order valence-electron chi connectivity index (χ3n) is 4.91. The van der Waals surface area contributed by atoms with E-state index in [1.807, 2.05) is 12.1 Å². The standard InChI is InChI=1S/C24H40O3/c1-8-9-10-11-12-15-27-21(25)14-13-18-16-19(23(2,3)4)22(26)20(17-18)24(5,6)7/h16-17,26H,8-15H2,1-7H3. The zero-order valence-electron chi connectivity index (χ0n) is 18.6. The van der Waals surface area contributed by atoms with Gasteiger partial charge >= 0.3 is 5.97 Å². The van der Waals surface area contributed by atoms with Crippen molar-refractivity contribution in [2.45, 2.75) is 104 Å². The fourth-order valence-electron chi connectivity index (χ4n) is 3.19. The van der Waals surface area contributed by atoms with Gasteiger partial charge in [-0.2, -0.15) is 0 Å². The molecule has 154 valence electrons. The summed E-state index contributed by atoms with van der Waals surface area (Å²) in [6.45, 7) is 15.3. The molecule has 0 unspecified atom stereocenters. The molecular weight excluding hydrogens is 336 g/mol. The number of carbonyl (C=O) groups is 1. The van der Waals surface area contributed by atoms with Crippen molar-refractivity contribution in [3.05, 3.63) is 28.8 Å². The summed E-state index contributed by atoms with van der Waals surface area (Å²) in [7, 11) is 0. The Morgan fingerprint density at radius 1 is 0.926 bits per heavy atom. The Balaban J connectivity index is 2.73. The molecule has 0 fully saturated rings. The van der Waals surface area contributed by atoms with Crippen LogP contribution in [0.2, 0.25) is 0 Å². The number of carbonyl (C=O) groups excluding carboxylic acids is 1. The maximum Gasteiger partial charge on any atom is 0.306 e. The number of esters is 1. The lowest BCUT2D eigenvalue weighted by Gasteiger charge is -2.28. The summed E-state index contributed by atoms with van der Waals surface area (Å²) < 4.78 is 5.37. The summed E-state index contributed by atoms with van der Waals surface area (Å²) in [5.41, 5.74) is 2.66. The third kappa shape index (κ3) is 7.94. The summed E-state index contributed by atoms with van der Waals surface area (Å²) in [5.74, 6) is 0.251. The van der Waals surface area contributed by atoms with Crippen LogP contribution in [0.15, 0.2) is 12.1 Å². The molecule has 0 amide bonds. The minimum Gasteiger partial charge on any atom is -0.507 e. The molecule has 0 saturated carbocycles. The first-order chi connectivity index (χ1) is 12.5. The van der Waals surface area contributed by atoms with Gasteiger partial charge in [0.2, 0.25) is 0 Å². The van der Waals surface area contributed by atoms with Crippen LogP contribution in [0.3, 0.4) is 0 Å². The van der Waals surface area contributed by atoms with Crippen LogP contribution in [0, 0.1) is 0 Å². The number of phenols is 1. The predicted octanol–water partition coefficient (Wildman–Crippen LogP) is 6.43. The van der Waals surface area contributed by atoms with E-state index in [2.05, 4.69) is 48.5 Å². The number of hydrogen-bond donors (Lipinski definition) is 1. The number of aromatic hydroxyl groups is 1. The summed E-state index contributed by atoms with van der Waals surface area (Å²) in [4.78, 5) is 12.1. The molecule has 0 spiro atoms. The molecule has 0 atom stereocenters. The lowest BCUT2D eigenvalue weighted by atomic mass is 9.78. The number of phenolic OH excluding ortho intramolecular Hbond substituents is 1. The first kappa shape index (κ1) is 23.5. The first-order valence-electron chi connectivity index (χ1n) is 10.5. The number of ether oxygens (including phenoxy) is 1. The Hall–Kier alpha value is -1.51. The van der Waals surface area contributed by atoms with E-state index in [0.29, 0.717) is 25.2 Å². The Morgan fingerprint density at radius 3 is 1.93 bits per heavy atom. The molecule has 27 heavy (non-hydrogen) atoms. The number of aryl methyl sites for hydroxylation is 1. The van der Waals surface area contributed by atoms with Gasteiger partial charge in [-0.3, -0.25) is 4.79 Å². The molecule has 3 nitrogen and oxygen atoms in total. The van der Waals surface area contributed by atoms with E-state index in [1.165, 1.54) is 19.3 Å². The zero-order chi connectivity index (χ0) is 20.7. The van der Waals surface area contributed by atoms with Gasteiger partial charge in [0.15, 0.2) is 0 Å². The van der Waals surface area contributed by atoms with E-state index >= 15 is 0 Å². The molecule has 0 saturated heterocycles. The molecule has 0 aromatic heterocycles. The molecule has 0 radical (unpaired) electrons. The Kier molecular flexibility index (Phi) is 8.84. The molecule has 0 aliphatic carbocycles. The lowest BCUT2D eigenvalue weighted by Crippen LogP contribution is -2.18. The molecule has 1 aromatic carbocycles. The van der Waals surface area contributed by atoms with E-state index in [1.54, 1.807) is 0 Å². The highest BCUT2D eigenvalue weighted by molar-refractivity contribution is 5.69. The van der Waals surface area contributed by atoms with Crippen LogP contribution in [0.25, 0.3) is 0 Å². The molecular formula is C24H40O3. The first-order valence-corrected chi connectivity index (χ1v) is 10.5. The number of benzene rings is 1. The van der Waals surface area contributed by atoms with Crippen LogP contribution >= 0.6 is 0 Å². The van der Waals surface area contributed by atoms with Crippen LogP contribution in [-0.4, -0.2) is 17.7 Å². The largest absolute Gasteiger partial charge is 0.507 e. The average Bonchev–Trinajstić information content (AvgIpc) is 2.54. The fourth-order valence-corrected chi connectivity index (χ4v) is 3.19. The summed E-state index contributed by atoms with van der Waals surface area (Å²) >= 11 is 0. The summed E-state index contributed by atoms with van der Waals surface area (Å²) in [6, 6.07) is 4.09. The van der Waals surface area contributed by atoms with Gasteiger partial charge in [0.1, 0.15) is 5.75 Å². The van der Waals surface area contributed by atoms with Gasteiger partial charge in [-0.1, -0.05) is 86.3 Å². The predicted molar refractivity (Wildman–Crippen MR) is 114 cm³/mol. The highest BCUT2D eigenvalue weighted by atomic mass is 16.5. The molecule has 1 aromatic rings. The van der Waals surface area contributed by atoms with E-state index in [9.17, 15) is 9.90 Å². The van der Waals surface area contributed by atoms with Gasteiger partial charge in [0, 0.05) is 6.42 Å². The van der Waals surface area contributed by atoms with Gasteiger partial charge in [-0.05, 0) is 40.4 Å². The summed E-state index contributed by atoms with van der Waals surface area (Å²) in [6.07, 6.45) is 6.79. The van der Waals surface area contributed by atoms with Crippen LogP contribution in [0.5, 0.6) is 5.75 Å². The monoisotopic (exact) mass is 376 g/mol. The van der Waals surface area contributed by atoms with Gasteiger partial charge in [-0.25, -0.2) is 0 Å². The second-order valence-corrected chi connectivity index (χ2v) is 9.67. The molecule has 0 aliphatic rings. The number of hydrogen-bond acceptors (Lipinski definition) is 3. The summed E-state index contributed by atoms with van der Waals surface area (Å²) in [5, 5.41) is 10.8. The Bertz CT molecular complexity index is 568. The maximum absolute atomic E-state index is 12.1. The van der Waals surface area contributed by atoms with Crippen molar-refractivity contribution in [2.75, 3.05) is 6.61 Å². The Morgan fingerprint density at radius 2 is 1.44 bits per heavy atom. The van der Waals surface area contributed by atoms with Crippen LogP contribution in [-0.2, 0) is 26.8 Å². The molecule has 1 N–H and O–H groups in total. The number of unbranched alkanes of at least 4 members (excludes halogenated alkanes) is 4. The molecule has 0 aliphatic heterocycles. The second kappa shape index (κ2) is 10.1. The second-order valence-electron chi connectivity index (χ2n) is 9.67. The topological polar surface area (TPSA) is 46.5 Å². The average molecular weight is 377 g/mol. The van der Waals surface area contributed by atoms with E-state index in [4.69, 9.17) is 4.74 Å². The minimum atomic E-state index is -0.154. The van der Waals surface area contributed by atoms with E-state index in [-0.39, 0.29) is 16.8 Å². The van der Waals surface area contributed by atoms with Crippen molar-refractivity contribution >= 4 is 5.97 Å². The van der Waals surface area contributed by atoms with Gasteiger partial charge in [-0.15, -0.1) is 0 Å². The van der Waals surface area contributed by atoms with Crippen molar-refractivity contribution in [2.24, 2.45) is 0 Å². The molecule has 1 rings (SSSR count). The normalized spacial score (nSPS) is 12.3. The Labute approximate surface area is 166 Å². The minimum absolute atomic E-state index is 0.131. The van der Waals surface area contributed by atoms with Gasteiger partial charge in [0.05, 0.1) is 6.61 Å². The quantitative estimate of drug-likeness (QED) is 0.399. The van der Waals surface area contributed by atoms with Crippen molar-refractivity contribution in [3.8, 4) is 5.75 Å². The third-order valence-corrected chi connectivity index (χ3v) is 4.91. The van der Waals surface area contributed by atoms with E-state index in [0.717, 1.165) is 29.5 Å². The van der Waals surface area contributed by atoms with Crippen LogP contribution in [0.1, 0.15) is 104 Å².